The van der Waals surface area contributed by atoms with Crippen LogP contribution in [-0.4, -0.2) is 12.6 Å². The van der Waals surface area contributed by atoms with E-state index in [1.54, 1.807) is 38.1 Å². The zero-order valence-electron chi connectivity index (χ0n) is 36.9. The molecule has 0 N–H and O–H groups in total. The van der Waals surface area contributed by atoms with Crippen LogP contribution in [0.3, 0.4) is 0 Å². The summed E-state index contributed by atoms with van der Waals surface area (Å²) in [6.07, 6.45) is 20.1. The SMILES string of the molecule is CCCCCCCCCCCCOC(=O)CCCC1(c2ccccc2)[C@]23C4=c5ccc6c7ccc8c9ccc%10c%11ccc%12c%13c(c%14c%15c2c5c6c2c7c8c5c9c%10c(c%13%11)c%14c5c%152)[C@]13C=%12C=C4. The summed E-state index contributed by atoms with van der Waals surface area (Å²) >= 11 is 0. The van der Waals surface area contributed by atoms with Gasteiger partial charge in [-0.2, -0.15) is 0 Å². The van der Waals surface area contributed by atoms with Gasteiger partial charge in [0.1, 0.15) is 0 Å². The van der Waals surface area contributed by atoms with Crippen molar-refractivity contribution in [2.24, 2.45) is 0 Å². The lowest BCUT2D eigenvalue weighted by molar-refractivity contribution is -0.143. The Bertz CT molecular complexity index is 4180. The lowest BCUT2D eigenvalue weighted by atomic mass is 9.68. The van der Waals surface area contributed by atoms with Gasteiger partial charge in [0.05, 0.1) is 6.61 Å². The highest BCUT2D eigenvalue weighted by molar-refractivity contribution is 6.64. The second-order valence-corrected chi connectivity index (χ2v) is 21.6. The first kappa shape index (κ1) is 34.1. The molecule has 0 amide bonds. The van der Waals surface area contributed by atoms with E-state index in [0.29, 0.717) is 13.0 Å². The van der Waals surface area contributed by atoms with Crippen LogP contribution < -0.4 is 10.4 Å². The molecule has 13 aromatic carbocycles. The number of carbonyl (C=O) groups is 1. The maximum Gasteiger partial charge on any atom is 0.305 e. The molecule has 18 rings (SSSR count). The topological polar surface area (TPSA) is 26.3 Å². The molecule has 13 aromatic rings. The first-order chi connectivity index (χ1) is 32.2. The predicted octanol–water partition coefficient (Wildman–Crippen LogP) is 14.8. The van der Waals surface area contributed by atoms with Crippen LogP contribution in [0.2, 0.25) is 0 Å². The van der Waals surface area contributed by atoms with Gasteiger partial charge in [-0.15, -0.1) is 0 Å². The van der Waals surface area contributed by atoms with Crippen LogP contribution in [0.15, 0.2) is 91.0 Å². The fourth-order valence-electron chi connectivity index (χ4n) is 17.9. The fourth-order valence-corrected chi connectivity index (χ4v) is 17.9. The van der Waals surface area contributed by atoms with Gasteiger partial charge in [0.25, 0.3) is 0 Å². The molecule has 2 nitrogen and oxygen atoms in total. The van der Waals surface area contributed by atoms with Crippen LogP contribution in [-0.2, 0) is 25.8 Å². The Morgan fingerprint density at radius 1 is 0.431 bits per heavy atom. The molecule has 5 aliphatic carbocycles. The van der Waals surface area contributed by atoms with Crippen molar-refractivity contribution < 1.29 is 9.53 Å². The summed E-state index contributed by atoms with van der Waals surface area (Å²) in [5, 5.41) is 36.0. The quantitative estimate of drug-likeness (QED) is 0.0551. The number of allylic oxidation sites excluding steroid dienone is 2. The Labute approximate surface area is 374 Å². The number of carbonyl (C=O) groups excluding carboxylic acids is 1. The summed E-state index contributed by atoms with van der Waals surface area (Å²) < 4.78 is 6.05. The van der Waals surface area contributed by atoms with E-state index < -0.39 is 0 Å². The van der Waals surface area contributed by atoms with Crippen molar-refractivity contribution in [3.8, 4) is 0 Å². The third-order valence-electron chi connectivity index (χ3n) is 19.5. The molecule has 5 aliphatic rings. The van der Waals surface area contributed by atoms with Crippen LogP contribution in [0.4, 0.5) is 0 Å². The van der Waals surface area contributed by atoms with Gasteiger partial charge >= 0.3 is 5.97 Å². The minimum atomic E-state index is -0.285. The summed E-state index contributed by atoms with van der Waals surface area (Å²) in [4.78, 5) is 13.8. The third-order valence-corrected chi connectivity index (χ3v) is 19.5. The maximum atomic E-state index is 13.8. The lowest BCUT2D eigenvalue weighted by Gasteiger charge is -2.32. The molecule has 0 saturated heterocycles. The predicted molar refractivity (Wildman–Crippen MR) is 272 cm³/mol. The molecule has 3 atom stereocenters. The smallest absolute Gasteiger partial charge is 0.305 e. The summed E-state index contributed by atoms with van der Waals surface area (Å²) in [6.45, 7) is 2.83. The second-order valence-electron chi connectivity index (χ2n) is 21.6. The van der Waals surface area contributed by atoms with Crippen LogP contribution in [0, 0.1) is 0 Å². The lowest BCUT2D eigenvalue weighted by Crippen LogP contribution is -2.27. The van der Waals surface area contributed by atoms with Crippen molar-refractivity contribution in [3.05, 3.63) is 118 Å². The normalized spacial score (nSPS) is 22.6. The van der Waals surface area contributed by atoms with Crippen LogP contribution >= 0.6 is 0 Å². The number of unbranched alkanes of at least 4 members (excludes halogenated alkanes) is 9. The molecule has 0 heterocycles. The summed E-state index contributed by atoms with van der Waals surface area (Å²) in [5.74, 6) is -0.0248. The monoisotopic (exact) mass is 834 g/mol. The van der Waals surface area contributed by atoms with Gasteiger partial charge in [-0.3, -0.25) is 4.79 Å². The zero-order valence-corrected chi connectivity index (χ0v) is 36.9. The van der Waals surface area contributed by atoms with Crippen LogP contribution in [0.25, 0.3) is 130 Å². The molecule has 1 fully saturated rings. The molecule has 2 heteroatoms. The molecule has 65 heavy (non-hydrogen) atoms. The Morgan fingerprint density at radius 2 is 0.846 bits per heavy atom. The first-order valence-electron chi connectivity index (χ1n) is 25.3. The Kier molecular flexibility index (Phi) is 5.63. The maximum absolute atomic E-state index is 13.8. The van der Waals surface area contributed by atoms with Gasteiger partial charge in [-0.1, -0.05) is 156 Å². The Hall–Kier alpha value is -6.25. The van der Waals surface area contributed by atoms with Crippen LogP contribution in [0.1, 0.15) is 107 Å². The van der Waals surface area contributed by atoms with Crippen molar-refractivity contribution in [3.63, 3.8) is 0 Å². The number of hydrogen-bond donors (Lipinski definition) is 0. The van der Waals surface area contributed by atoms with Gasteiger partial charge < -0.3 is 4.74 Å². The van der Waals surface area contributed by atoms with Crippen molar-refractivity contribution >= 4 is 136 Å². The average Bonchev–Trinajstić information content (AvgIpc) is 3.99. The third kappa shape index (κ3) is 3.07. The van der Waals surface area contributed by atoms with E-state index in [9.17, 15) is 4.79 Å². The summed E-state index contributed by atoms with van der Waals surface area (Å²) in [5.41, 5.74) is 6.85. The standard InChI is InChI=1S/C63H46O2/c1-2-3-4-5-6-7-8-9-10-14-30-65-42(64)18-15-29-61(31-16-12-11-13-17-31)62-40-27-28-41-39-26-24-37-35-22-20-33-32-19-21-34-36-23-25-38(40)49-47(36)52-45(34)43(32)51-44(33)46(35)53-48(37)50(39)60(63(41,61)62)58-56(53)54(51)55(52)57(58)59(49)62/h11-13,16-17,19-28H,2-10,14-15,18,29-30H2,1H3/t61?,62-,63+. The van der Waals surface area contributed by atoms with Crippen LogP contribution in [0.5, 0.6) is 0 Å². The highest BCUT2D eigenvalue weighted by Crippen LogP contribution is 2.92. The molecule has 1 unspecified atom stereocenters. The van der Waals surface area contributed by atoms with Crippen molar-refractivity contribution in [2.75, 3.05) is 6.61 Å². The molecule has 310 valence electrons. The van der Waals surface area contributed by atoms with E-state index in [0.717, 1.165) is 25.7 Å². The van der Waals surface area contributed by atoms with Gasteiger partial charge in [0, 0.05) is 22.7 Å². The molecule has 2 spiro atoms. The van der Waals surface area contributed by atoms with E-state index in [1.165, 1.54) is 170 Å². The Morgan fingerprint density at radius 3 is 1.34 bits per heavy atom. The number of ether oxygens (including phenoxy) is 1. The van der Waals surface area contributed by atoms with Crippen molar-refractivity contribution in [2.45, 2.75) is 107 Å². The number of fused-ring (bicyclic) bond motifs is 3. The molecular formula is C63H46O2. The molecule has 0 aliphatic heterocycles. The number of hydrogen-bond acceptors (Lipinski definition) is 2. The highest BCUT2D eigenvalue weighted by Gasteiger charge is 2.93. The second kappa shape index (κ2) is 10.7. The molecule has 0 aromatic heterocycles. The van der Waals surface area contributed by atoms with Crippen molar-refractivity contribution in [1.29, 1.82) is 0 Å². The molecular weight excluding hydrogens is 789 g/mol. The summed E-state index contributed by atoms with van der Waals surface area (Å²) in [6, 6.07) is 31.6. The van der Waals surface area contributed by atoms with E-state index >= 15 is 0 Å². The first-order valence-corrected chi connectivity index (χ1v) is 25.3. The van der Waals surface area contributed by atoms with Gasteiger partial charge in [0.15, 0.2) is 0 Å². The minimum absolute atomic E-state index is 0.0248. The van der Waals surface area contributed by atoms with Gasteiger partial charge in [0.2, 0.25) is 0 Å². The highest BCUT2D eigenvalue weighted by atomic mass is 16.5. The molecule has 0 bridgehead atoms. The average molecular weight is 835 g/mol. The van der Waals surface area contributed by atoms with E-state index in [2.05, 4.69) is 97.9 Å². The summed E-state index contributed by atoms with van der Waals surface area (Å²) in [7, 11) is 0. The minimum Gasteiger partial charge on any atom is -0.466 e. The Balaban J connectivity index is 0.872. The number of esters is 1. The van der Waals surface area contributed by atoms with E-state index in [1.807, 2.05) is 0 Å². The van der Waals surface area contributed by atoms with Gasteiger partial charge in [-0.05, 0) is 176 Å². The van der Waals surface area contributed by atoms with E-state index in [4.69, 9.17) is 4.74 Å². The fraction of sp³-hybridized carbons (Fsp3) is 0.286. The van der Waals surface area contributed by atoms with E-state index in [-0.39, 0.29) is 22.2 Å². The number of rotatable bonds is 16. The zero-order chi connectivity index (χ0) is 42.0. The molecule has 1 saturated carbocycles. The number of benzene rings is 9. The van der Waals surface area contributed by atoms with Gasteiger partial charge in [-0.25, -0.2) is 0 Å². The van der Waals surface area contributed by atoms with Crippen molar-refractivity contribution in [1.82, 2.24) is 0 Å². The largest absolute Gasteiger partial charge is 0.466 e. The molecule has 0 radical (unpaired) electrons.